The summed E-state index contributed by atoms with van der Waals surface area (Å²) >= 11 is 9.51. The van der Waals surface area contributed by atoms with Gasteiger partial charge in [-0.1, -0.05) is 45.7 Å². The Labute approximate surface area is 190 Å². The van der Waals surface area contributed by atoms with Crippen molar-refractivity contribution in [3.8, 4) is 22.8 Å². The first-order valence-electron chi connectivity index (χ1n) is 9.39. The number of nitrogen functional groups attached to an aromatic ring is 1. The Balaban J connectivity index is 1.84. The fourth-order valence-corrected chi connectivity index (χ4v) is 3.83. The van der Waals surface area contributed by atoms with Crippen LogP contribution in [0.1, 0.15) is 0 Å². The molecule has 152 valence electrons. The Morgan fingerprint density at radius 3 is 2.39 bits per heavy atom. The van der Waals surface area contributed by atoms with E-state index in [-0.39, 0.29) is 11.1 Å². The number of rotatable bonds is 3. The van der Waals surface area contributed by atoms with Crippen molar-refractivity contribution in [2.24, 2.45) is 0 Å². The average Bonchev–Trinajstić information content (AvgIpc) is 3.20. The van der Waals surface area contributed by atoms with E-state index in [0.29, 0.717) is 27.9 Å². The van der Waals surface area contributed by atoms with Crippen LogP contribution in [0, 0.1) is 0 Å². The van der Waals surface area contributed by atoms with Crippen molar-refractivity contribution < 1.29 is 0 Å². The van der Waals surface area contributed by atoms with Crippen molar-refractivity contribution in [1.29, 1.82) is 0 Å². The van der Waals surface area contributed by atoms with Crippen LogP contribution in [-0.2, 0) is 0 Å². The fourth-order valence-electron chi connectivity index (χ4n) is 3.44. The molecule has 2 heterocycles. The van der Waals surface area contributed by atoms with Crippen molar-refractivity contribution in [3.63, 3.8) is 0 Å². The molecule has 2 N–H and O–H groups in total. The van der Waals surface area contributed by atoms with Crippen molar-refractivity contribution in [1.82, 2.24) is 19.1 Å². The molecule has 0 atom stereocenters. The van der Waals surface area contributed by atoms with Gasteiger partial charge in [-0.05, 0) is 54.6 Å². The Kier molecular flexibility index (Phi) is 4.84. The van der Waals surface area contributed by atoms with E-state index in [1.54, 1.807) is 45.8 Å². The second-order valence-corrected chi connectivity index (χ2v) is 8.29. The van der Waals surface area contributed by atoms with Crippen LogP contribution in [-0.4, -0.2) is 19.1 Å². The molecule has 0 saturated carbocycles. The molecular weight excluding hydrogens is 478 g/mol. The van der Waals surface area contributed by atoms with E-state index in [4.69, 9.17) is 22.3 Å². The fraction of sp³-hybridized carbons (Fsp3) is 0. The number of aromatic nitrogens is 4. The molecular formula is C23H15BrClN5O. The summed E-state index contributed by atoms with van der Waals surface area (Å²) in [6.07, 6.45) is 1.59. The third kappa shape index (κ3) is 3.52. The maximum atomic E-state index is 13.6. The molecule has 0 radical (unpaired) electrons. The van der Waals surface area contributed by atoms with Gasteiger partial charge in [0.05, 0.1) is 11.4 Å². The largest absolute Gasteiger partial charge is 0.399 e. The van der Waals surface area contributed by atoms with Crippen LogP contribution in [0.15, 0.2) is 88.4 Å². The summed E-state index contributed by atoms with van der Waals surface area (Å²) in [5.41, 5.74) is 9.23. The molecule has 5 aromatic rings. The number of halogens is 2. The quantitative estimate of drug-likeness (QED) is 0.350. The average molecular weight is 493 g/mol. The minimum Gasteiger partial charge on any atom is -0.399 e. The Morgan fingerprint density at radius 1 is 0.935 bits per heavy atom. The van der Waals surface area contributed by atoms with Gasteiger partial charge in [0.2, 0.25) is 0 Å². The minimum atomic E-state index is -0.270. The SMILES string of the molecule is Nc1cccc(-n2cnc3c(=O)n(-c4ccc(Cl)cc4)c(-c4ccc(Br)cc4)nc32)c1. The van der Waals surface area contributed by atoms with Gasteiger partial charge in [0.25, 0.3) is 5.56 Å². The highest BCUT2D eigenvalue weighted by atomic mass is 79.9. The zero-order chi connectivity index (χ0) is 21.5. The number of nitrogens with zero attached hydrogens (tertiary/aromatic N) is 4. The van der Waals surface area contributed by atoms with Gasteiger partial charge in [0.15, 0.2) is 11.2 Å². The number of benzene rings is 3. The van der Waals surface area contributed by atoms with Gasteiger partial charge >= 0.3 is 0 Å². The highest BCUT2D eigenvalue weighted by Gasteiger charge is 2.19. The van der Waals surface area contributed by atoms with Gasteiger partial charge in [-0.2, -0.15) is 0 Å². The van der Waals surface area contributed by atoms with E-state index in [0.717, 1.165) is 15.7 Å². The maximum absolute atomic E-state index is 13.6. The molecule has 31 heavy (non-hydrogen) atoms. The van der Waals surface area contributed by atoms with Crippen molar-refractivity contribution in [2.75, 3.05) is 5.73 Å². The second kappa shape index (κ2) is 7.68. The van der Waals surface area contributed by atoms with Crippen LogP contribution >= 0.6 is 27.5 Å². The van der Waals surface area contributed by atoms with Gasteiger partial charge in [-0.15, -0.1) is 0 Å². The van der Waals surface area contributed by atoms with Gasteiger partial charge in [-0.3, -0.25) is 13.9 Å². The molecule has 5 rings (SSSR count). The normalized spacial score (nSPS) is 11.2. The summed E-state index contributed by atoms with van der Waals surface area (Å²) < 4.78 is 4.25. The van der Waals surface area contributed by atoms with E-state index >= 15 is 0 Å². The molecule has 2 aromatic heterocycles. The summed E-state index contributed by atoms with van der Waals surface area (Å²) in [5, 5.41) is 0.585. The summed E-state index contributed by atoms with van der Waals surface area (Å²) in [4.78, 5) is 22.8. The Morgan fingerprint density at radius 2 is 1.68 bits per heavy atom. The van der Waals surface area contributed by atoms with E-state index in [2.05, 4.69) is 20.9 Å². The number of anilines is 1. The molecule has 0 unspecified atom stereocenters. The molecule has 8 heteroatoms. The lowest BCUT2D eigenvalue weighted by Gasteiger charge is -2.13. The lowest BCUT2D eigenvalue weighted by Crippen LogP contribution is -2.22. The summed E-state index contributed by atoms with van der Waals surface area (Å²) in [5.74, 6) is 0.498. The lowest BCUT2D eigenvalue weighted by molar-refractivity contribution is 0.962. The number of fused-ring (bicyclic) bond motifs is 1. The zero-order valence-electron chi connectivity index (χ0n) is 16.0. The first-order chi connectivity index (χ1) is 15.0. The summed E-state index contributed by atoms with van der Waals surface area (Å²) in [7, 11) is 0. The van der Waals surface area contributed by atoms with E-state index in [1.807, 2.05) is 42.5 Å². The first kappa shape index (κ1) is 19.5. The number of hydrogen-bond donors (Lipinski definition) is 1. The monoisotopic (exact) mass is 491 g/mol. The van der Waals surface area contributed by atoms with Gasteiger partial charge < -0.3 is 5.73 Å². The molecule has 6 nitrogen and oxygen atoms in total. The third-order valence-corrected chi connectivity index (χ3v) is 5.69. The topological polar surface area (TPSA) is 78.7 Å². The van der Waals surface area contributed by atoms with E-state index in [9.17, 15) is 4.79 Å². The van der Waals surface area contributed by atoms with Crippen molar-refractivity contribution >= 4 is 44.4 Å². The van der Waals surface area contributed by atoms with Crippen LogP contribution in [0.4, 0.5) is 5.69 Å². The van der Waals surface area contributed by atoms with Crippen LogP contribution in [0.25, 0.3) is 33.9 Å². The molecule has 0 aliphatic carbocycles. The minimum absolute atomic E-state index is 0.262. The second-order valence-electron chi connectivity index (χ2n) is 6.94. The van der Waals surface area contributed by atoms with Crippen LogP contribution in [0.3, 0.4) is 0 Å². The highest BCUT2D eigenvalue weighted by molar-refractivity contribution is 9.10. The van der Waals surface area contributed by atoms with Crippen LogP contribution in [0.5, 0.6) is 0 Å². The summed E-state index contributed by atoms with van der Waals surface area (Å²) in [6, 6.07) is 22.0. The van der Waals surface area contributed by atoms with Crippen LogP contribution < -0.4 is 11.3 Å². The maximum Gasteiger partial charge on any atom is 0.286 e. The Bertz CT molecular complexity index is 1470. The van der Waals surface area contributed by atoms with Crippen LogP contribution in [0.2, 0.25) is 5.02 Å². The molecule has 0 bridgehead atoms. The number of nitrogens with two attached hydrogens (primary N) is 1. The molecule has 0 fully saturated rings. The number of hydrogen-bond acceptors (Lipinski definition) is 4. The van der Waals surface area contributed by atoms with Gasteiger partial charge in [0, 0.05) is 20.7 Å². The van der Waals surface area contributed by atoms with Gasteiger partial charge in [-0.25, -0.2) is 9.97 Å². The molecule has 0 spiro atoms. The third-order valence-electron chi connectivity index (χ3n) is 4.91. The van der Waals surface area contributed by atoms with E-state index < -0.39 is 0 Å². The number of imidazole rings is 1. The molecule has 0 aliphatic rings. The van der Waals surface area contributed by atoms with E-state index in [1.165, 1.54) is 0 Å². The standard InChI is InChI=1S/C23H15BrClN5O/c24-15-6-4-14(5-7-15)21-28-22-20(23(31)30(21)18-10-8-16(25)9-11-18)27-13-29(22)19-3-1-2-17(26)12-19/h1-13H,26H2. The Hall–Kier alpha value is -3.42. The molecule has 0 amide bonds. The zero-order valence-corrected chi connectivity index (χ0v) is 18.4. The predicted molar refractivity (Wildman–Crippen MR) is 127 cm³/mol. The highest BCUT2D eigenvalue weighted by Crippen LogP contribution is 2.25. The van der Waals surface area contributed by atoms with Crippen molar-refractivity contribution in [2.45, 2.75) is 0 Å². The first-order valence-corrected chi connectivity index (χ1v) is 10.6. The lowest BCUT2D eigenvalue weighted by atomic mass is 10.2. The molecule has 0 saturated heterocycles. The predicted octanol–water partition coefficient (Wildman–Crippen LogP) is 5.24. The molecule has 3 aromatic carbocycles. The van der Waals surface area contributed by atoms with Crippen molar-refractivity contribution in [3.05, 3.63) is 99.0 Å². The smallest absolute Gasteiger partial charge is 0.286 e. The summed E-state index contributed by atoms with van der Waals surface area (Å²) in [6.45, 7) is 0. The van der Waals surface area contributed by atoms with Gasteiger partial charge in [0.1, 0.15) is 12.2 Å². The molecule has 0 aliphatic heterocycles.